The van der Waals surface area contributed by atoms with Crippen molar-refractivity contribution in [2.24, 2.45) is 0 Å². The van der Waals surface area contributed by atoms with Crippen LogP contribution in [0.1, 0.15) is 42.4 Å². The van der Waals surface area contributed by atoms with Gasteiger partial charge in [-0.1, -0.05) is 24.3 Å². The van der Waals surface area contributed by atoms with Crippen LogP contribution in [0.3, 0.4) is 0 Å². The Labute approximate surface area is 176 Å². The van der Waals surface area contributed by atoms with E-state index < -0.39 is 6.10 Å². The molecule has 0 aromatic heterocycles. The molecule has 3 aliphatic heterocycles. The predicted octanol–water partition coefficient (Wildman–Crippen LogP) is 3.29. The van der Waals surface area contributed by atoms with Gasteiger partial charge in [-0.2, -0.15) is 0 Å². The number of piperidine rings is 1. The maximum atomic E-state index is 13.1. The molecule has 5 rings (SSSR count). The van der Waals surface area contributed by atoms with Crippen molar-refractivity contribution in [3.05, 3.63) is 59.4 Å². The lowest BCUT2D eigenvalue weighted by atomic mass is 9.89. The van der Waals surface area contributed by atoms with Crippen LogP contribution in [-0.2, 0) is 4.79 Å². The quantitative estimate of drug-likeness (QED) is 0.823. The lowest BCUT2D eigenvalue weighted by Crippen LogP contribution is -2.51. The first-order valence-corrected chi connectivity index (χ1v) is 10.8. The standard InChI is InChI=1S/C24H28FN3O2/c1-26-21-5-2-4-18-19-14-27(13-11-20(19)28(24(18)21)15-23(26)30)12-3-6-22(29)16-7-9-17(25)10-8-16/h2,4-5,7-10,19-20,22,29H,3,6,11-15H2,1H3/t19-,20-,22+/m0/s1. The number of fused-ring (bicyclic) bond motifs is 3. The molecule has 0 spiro atoms. The lowest BCUT2D eigenvalue weighted by Gasteiger charge is -2.41. The van der Waals surface area contributed by atoms with E-state index >= 15 is 0 Å². The molecule has 30 heavy (non-hydrogen) atoms. The number of hydrogen-bond donors (Lipinski definition) is 1. The summed E-state index contributed by atoms with van der Waals surface area (Å²) >= 11 is 0. The number of nitrogens with zero attached hydrogens (tertiary/aromatic N) is 3. The summed E-state index contributed by atoms with van der Waals surface area (Å²) in [5.41, 5.74) is 4.43. The molecule has 0 saturated carbocycles. The molecule has 158 valence electrons. The fourth-order valence-electron chi connectivity index (χ4n) is 5.43. The molecule has 0 aliphatic carbocycles. The number of aliphatic hydroxyl groups is 1. The Kier molecular flexibility index (Phi) is 4.99. The van der Waals surface area contributed by atoms with Crippen molar-refractivity contribution in [2.75, 3.05) is 43.0 Å². The first-order valence-electron chi connectivity index (χ1n) is 10.8. The minimum atomic E-state index is -0.552. The summed E-state index contributed by atoms with van der Waals surface area (Å²) in [6, 6.07) is 12.9. The number of aliphatic hydroxyl groups excluding tert-OH is 1. The third-order valence-corrected chi connectivity index (χ3v) is 7.04. The summed E-state index contributed by atoms with van der Waals surface area (Å²) in [5.74, 6) is 0.312. The van der Waals surface area contributed by atoms with E-state index in [1.54, 1.807) is 17.0 Å². The van der Waals surface area contributed by atoms with Gasteiger partial charge in [0, 0.05) is 32.1 Å². The number of anilines is 2. The third kappa shape index (κ3) is 3.28. The van der Waals surface area contributed by atoms with Gasteiger partial charge in [-0.25, -0.2) is 4.39 Å². The van der Waals surface area contributed by atoms with Crippen LogP contribution in [-0.4, -0.2) is 55.2 Å². The highest BCUT2D eigenvalue weighted by atomic mass is 19.1. The summed E-state index contributed by atoms with van der Waals surface area (Å²) in [6.07, 6.45) is 2.07. The van der Waals surface area contributed by atoms with E-state index in [0.29, 0.717) is 24.9 Å². The second-order valence-electron chi connectivity index (χ2n) is 8.77. The fourth-order valence-corrected chi connectivity index (χ4v) is 5.43. The topological polar surface area (TPSA) is 47.0 Å². The average Bonchev–Trinajstić information content (AvgIpc) is 3.06. The van der Waals surface area contributed by atoms with Crippen molar-refractivity contribution < 1.29 is 14.3 Å². The fraction of sp³-hybridized carbons (Fsp3) is 0.458. The van der Waals surface area contributed by atoms with Crippen LogP contribution < -0.4 is 9.80 Å². The van der Waals surface area contributed by atoms with Gasteiger partial charge in [0.2, 0.25) is 5.91 Å². The van der Waals surface area contributed by atoms with E-state index in [2.05, 4.69) is 28.0 Å². The maximum absolute atomic E-state index is 13.1. The first-order chi connectivity index (χ1) is 14.5. The summed E-state index contributed by atoms with van der Waals surface area (Å²) in [5, 5.41) is 10.4. The maximum Gasteiger partial charge on any atom is 0.246 e. The summed E-state index contributed by atoms with van der Waals surface area (Å²) in [6.45, 7) is 3.42. The van der Waals surface area contributed by atoms with Gasteiger partial charge in [-0.05, 0) is 55.1 Å². The highest BCUT2D eigenvalue weighted by Crippen LogP contribution is 2.50. The van der Waals surface area contributed by atoms with Gasteiger partial charge in [0.25, 0.3) is 0 Å². The van der Waals surface area contributed by atoms with Crippen molar-refractivity contribution in [1.29, 1.82) is 0 Å². The van der Waals surface area contributed by atoms with Crippen LogP contribution in [0.25, 0.3) is 0 Å². The number of likely N-dealkylation sites (tertiary alicyclic amines) is 1. The smallest absolute Gasteiger partial charge is 0.246 e. The molecule has 2 aromatic rings. The number of rotatable bonds is 5. The van der Waals surface area contributed by atoms with E-state index in [9.17, 15) is 14.3 Å². The lowest BCUT2D eigenvalue weighted by molar-refractivity contribution is -0.117. The number of benzene rings is 2. The molecule has 0 radical (unpaired) electrons. The van der Waals surface area contributed by atoms with Crippen molar-refractivity contribution in [3.8, 4) is 0 Å². The van der Waals surface area contributed by atoms with Gasteiger partial charge in [0.05, 0.1) is 24.0 Å². The minimum Gasteiger partial charge on any atom is -0.388 e. The number of amides is 1. The molecule has 1 N–H and O–H groups in total. The zero-order chi connectivity index (χ0) is 20.8. The Morgan fingerprint density at radius 1 is 1.20 bits per heavy atom. The summed E-state index contributed by atoms with van der Waals surface area (Å²) < 4.78 is 13.1. The Morgan fingerprint density at radius 2 is 2.00 bits per heavy atom. The molecule has 1 saturated heterocycles. The molecular formula is C24H28FN3O2. The van der Waals surface area contributed by atoms with Gasteiger partial charge in [-0.3, -0.25) is 4.79 Å². The predicted molar refractivity (Wildman–Crippen MR) is 115 cm³/mol. The molecule has 1 fully saturated rings. The van der Waals surface area contributed by atoms with Gasteiger partial charge in [0.15, 0.2) is 0 Å². The average molecular weight is 410 g/mol. The molecule has 3 atom stereocenters. The number of halogens is 1. The van der Waals surface area contributed by atoms with Crippen molar-refractivity contribution >= 4 is 17.3 Å². The second kappa shape index (κ2) is 7.67. The minimum absolute atomic E-state index is 0.164. The third-order valence-electron chi connectivity index (χ3n) is 7.04. The summed E-state index contributed by atoms with van der Waals surface area (Å²) in [7, 11) is 1.87. The Bertz CT molecular complexity index is 948. The number of hydrogen-bond acceptors (Lipinski definition) is 4. The zero-order valence-electron chi connectivity index (χ0n) is 17.3. The van der Waals surface area contributed by atoms with E-state index in [1.807, 2.05) is 7.05 Å². The highest BCUT2D eigenvalue weighted by Gasteiger charge is 2.46. The molecule has 6 heteroatoms. The van der Waals surface area contributed by atoms with Crippen LogP contribution in [0.2, 0.25) is 0 Å². The van der Waals surface area contributed by atoms with E-state index in [1.165, 1.54) is 23.4 Å². The molecule has 2 aromatic carbocycles. The van der Waals surface area contributed by atoms with Gasteiger partial charge in [0.1, 0.15) is 5.82 Å². The number of likely N-dealkylation sites (N-methyl/N-ethyl adjacent to an activating group) is 1. The van der Waals surface area contributed by atoms with E-state index in [-0.39, 0.29) is 11.7 Å². The first kappa shape index (κ1) is 19.5. The SMILES string of the molecule is CN1C(=O)CN2c3c(cccc31)[C@@H]1CN(CCC[C@@H](O)c3ccc(F)cc3)CC[C@@H]12. The van der Waals surface area contributed by atoms with Crippen LogP contribution in [0.4, 0.5) is 15.8 Å². The second-order valence-corrected chi connectivity index (χ2v) is 8.77. The largest absolute Gasteiger partial charge is 0.388 e. The molecule has 0 bridgehead atoms. The van der Waals surface area contributed by atoms with Crippen LogP contribution in [0.15, 0.2) is 42.5 Å². The van der Waals surface area contributed by atoms with Crippen LogP contribution in [0.5, 0.6) is 0 Å². The summed E-state index contributed by atoms with van der Waals surface area (Å²) in [4.78, 5) is 19.1. The monoisotopic (exact) mass is 409 g/mol. The van der Waals surface area contributed by atoms with E-state index in [4.69, 9.17) is 0 Å². The van der Waals surface area contributed by atoms with Gasteiger partial charge >= 0.3 is 0 Å². The number of carbonyl (C=O) groups excluding carboxylic acids is 1. The van der Waals surface area contributed by atoms with Gasteiger partial charge in [-0.15, -0.1) is 0 Å². The Balaban J connectivity index is 1.23. The number of para-hydroxylation sites is 1. The molecule has 3 aliphatic rings. The Morgan fingerprint density at radius 3 is 2.80 bits per heavy atom. The molecule has 1 amide bonds. The molecule has 5 nitrogen and oxygen atoms in total. The van der Waals surface area contributed by atoms with Crippen LogP contribution >= 0.6 is 0 Å². The molecular weight excluding hydrogens is 381 g/mol. The van der Waals surface area contributed by atoms with Gasteiger partial charge < -0.3 is 19.8 Å². The van der Waals surface area contributed by atoms with Crippen molar-refractivity contribution in [3.63, 3.8) is 0 Å². The van der Waals surface area contributed by atoms with Crippen molar-refractivity contribution in [1.82, 2.24) is 4.90 Å². The zero-order valence-corrected chi connectivity index (χ0v) is 17.3. The number of carbonyl (C=O) groups is 1. The van der Waals surface area contributed by atoms with E-state index in [0.717, 1.165) is 43.7 Å². The molecule has 3 heterocycles. The normalized spacial score (nSPS) is 24.0. The highest BCUT2D eigenvalue weighted by molar-refractivity contribution is 6.04. The van der Waals surface area contributed by atoms with Crippen LogP contribution in [0, 0.1) is 5.82 Å². The van der Waals surface area contributed by atoms with Crippen molar-refractivity contribution in [2.45, 2.75) is 37.3 Å². The Hall–Kier alpha value is -2.44. The molecule has 0 unspecified atom stereocenters.